The molecular weight excluding hydrogens is 573 g/mol. The second-order valence-electron chi connectivity index (χ2n) is 11.3. The van der Waals surface area contributed by atoms with Crippen molar-refractivity contribution < 1.29 is 33.7 Å². The number of aromatic nitrogens is 2. The number of benzene rings is 1. The molecule has 3 aromatic rings. The molecule has 2 aliphatic heterocycles. The minimum absolute atomic E-state index is 0.0168. The zero-order valence-corrected chi connectivity index (χ0v) is 24.2. The number of aryl methyl sites for hydroxylation is 1. The average Bonchev–Trinajstić information content (AvgIpc) is 3.37. The van der Waals surface area contributed by atoms with Crippen molar-refractivity contribution in [3.63, 3.8) is 0 Å². The van der Waals surface area contributed by atoms with Crippen LogP contribution in [-0.4, -0.2) is 62.1 Å². The zero-order chi connectivity index (χ0) is 31.5. The molecule has 228 valence electrons. The van der Waals surface area contributed by atoms with Gasteiger partial charge in [-0.25, -0.2) is 14.2 Å². The Balaban J connectivity index is 1.49. The summed E-state index contributed by atoms with van der Waals surface area (Å²) in [4.78, 5) is 57.8. The number of amides is 2. The van der Waals surface area contributed by atoms with Crippen molar-refractivity contribution in [2.45, 2.75) is 64.3 Å². The fourth-order valence-electron chi connectivity index (χ4n) is 6.70. The quantitative estimate of drug-likeness (QED) is 0.264. The first-order chi connectivity index (χ1) is 21.0. The van der Waals surface area contributed by atoms with Crippen molar-refractivity contribution in [2.75, 3.05) is 19.7 Å². The van der Waals surface area contributed by atoms with Gasteiger partial charge in [0.05, 0.1) is 54.3 Å². The average molecular weight is 604 g/mol. The van der Waals surface area contributed by atoms with Crippen LogP contribution in [0, 0.1) is 24.1 Å². The summed E-state index contributed by atoms with van der Waals surface area (Å²) in [5, 5.41) is 33.2. The fourth-order valence-corrected chi connectivity index (χ4v) is 6.70. The normalized spacial score (nSPS) is 19.5. The smallest absolute Gasteiger partial charge is 0.343 e. The van der Waals surface area contributed by atoms with Gasteiger partial charge in [0.2, 0.25) is 11.8 Å². The molecule has 0 radical (unpaired) electrons. The van der Waals surface area contributed by atoms with Gasteiger partial charge in [-0.1, -0.05) is 6.92 Å². The van der Waals surface area contributed by atoms with E-state index in [2.05, 4.69) is 5.32 Å². The van der Waals surface area contributed by atoms with Crippen molar-refractivity contribution in [3.8, 4) is 17.5 Å². The number of nitrogens with zero attached hydrogens (tertiary/aromatic N) is 4. The summed E-state index contributed by atoms with van der Waals surface area (Å²) >= 11 is 0. The van der Waals surface area contributed by atoms with E-state index >= 15 is 4.39 Å². The van der Waals surface area contributed by atoms with E-state index in [1.54, 1.807) is 26.0 Å². The first-order valence-corrected chi connectivity index (χ1v) is 14.4. The van der Waals surface area contributed by atoms with Gasteiger partial charge in [0.1, 0.15) is 18.8 Å². The van der Waals surface area contributed by atoms with Gasteiger partial charge in [-0.2, -0.15) is 5.26 Å². The van der Waals surface area contributed by atoms with Crippen LogP contribution in [0.3, 0.4) is 0 Å². The van der Waals surface area contributed by atoms with E-state index in [1.165, 1.54) is 10.6 Å². The third-order valence-electron chi connectivity index (χ3n) is 9.00. The number of carbonyl (C=O) groups excluding carboxylic acids is 3. The van der Waals surface area contributed by atoms with Crippen LogP contribution >= 0.6 is 0 Å². The number of carbonyl (C=O) groups is 3. The topological polar surface area (TPSA) is 175 Å². The van der Waals surface area contributed by atoms with Gasteiger partial charge >= 0.3 is 5.97 Å². The van der Waals surface area contributed by atoms with Crippen LogP contribution in [0.15, 0.2) is 16.9 Å². The number of rotatable bonds is 7. The lowest BCUT2D eigenvalue weighted by Gasteiger charge is -2.31. The predicted molar refractivity (Wildman–Crippen MR) is 152 cm³/mol. The molecule has 1 aromatic carbocycles. The van der Waals surface area contributed by atoms with E-state index in [0.29, 0.717) is 51.8 Å². The number of fused-ring (bicyclic) bond motifs is 5. The van der Waals surface area contributed by atoms with Crippen LogP contribution < -0.4 is 10.9 Å². The standard InChI is InChI=1S/C31H30FN5O7/c1-3-31(43)19-10-23-28-17(12-37(23)29(41)18(19)14-44-30(31)42)27-21(34-24(39)13-36(8-9-38)25(40)6-7-33)5-4-16-15(2)20(32)11-22(35-28)26(16)27/h10-11,21,38,43H,3-6,8-9,12-14H2,1-2H3,(H,34,39)/t21?,31-/m0/s1. The van der Waals surface area contributed by atoms with E-state index in [4.69, 9.17) is 15.0 Å². The summed E-state index contributed by atoms with van der Waals surface area (Å²) in [7, 11) is 0. The summed E-state index contributed by atoms with van der Waals surface area (Å²) in [5.74, 6) is -2.38. The second-order valence-corrected chi connectivity index (χ2v) is 11.3. The number of aliphatic hydroxyl groups excluding tert-OH is 1. The first kappa shape index (κ1) is 29.4. The molecule has 6 rings (SSSR count). The van der Waals surface area contributed by atoms with Crippen molar-refractivity contribution in [2.24, 2.45) is 0 Å². The summed E-state index contributed by atoms with van der Waals surface area (Å²) in [5.41, 5.74) is 1.50. The summed E-state index contributed by atoms with van der Waals surface area (Å²) < 4.78 is 21.8. The fraction of sp³-hybridized carbons (Fsp3) is 0.419. The number of aliphatic hydroxyl groups is 2. The van der Waals surface area contributed by atoms with Crippen LogP contribution in [0.1, 0.15) is 65.6 Å². The number of halogens is 1. The maximum Gasteiger partial charge on any atom is 0.343 e. The molecule has 2 aromatic heterocycles. The number of hydrogen-bond acceptors (Lipinski definition) is 9. The molecular formula is C31H30FN5O7. The maximum absolute atomic E-state index is 15.1. The third kappa shape index (κ3) is 4.36. The molecule has 44 heavy (non-hydrogen) atoms. The number of pyridine rings is 2. The molecule has 0 saturated heterocycles. The van der Waals surface area contributed by atoms with Crippen LogP contribution in [-0.2, 0) is 44.3 Å². The molecule has 0 saturated carbocycles. The summed E-state index contributed by atoms with van der Waals surface area (Å²) in [6, 6.07) is 4.07. The van der Waals surface area contributed by atoms with Crippen LogP contribution in [0.4, 0.5) is 4.39 Å². The van der Waals surface area contributed by atoms with Gasteiger partial charge in [0, 0.05) is 29.1 Å². The summed E-state index contributed by atoms with van der Waals surface area (Å²) in [6.45, 7) is 2.23. The molecule has 0 bridgehead atoms. The largest absolute Gasteiger partial charge is 0.458 e. The molecule has 1 aliphatic carbocycles. The minimum Gasteiger partial charge on any atom is -0.458 e. The van der Waals surface area contributed by atoms with Gasteiger partial charge in [0.15, 0.2) is 5.60 Å². The van der Waals surface area contributed by atoms with Gasteiger partial charge in [-0.3, -0.25) is 14.4 Å². The molecule has 2 amide bonds. The Morgan fingerprint density at radius 2 is 2.07 bits per heavy atom. The molecule has 0 spiro atoms. The molecule has 12 nitrogen and oxygen atoms in total. The Bertz CT molecular complexity index is 1880. The number of cyclic esters (lactones) is 1. The molecule has 0 fully saturated rings. The molecule has 1 unspecified atom stereocenters. The van der Waals surface area contributed by atoms with Crippen LogP contribution in [0.5, 0.6) is 0 Å². The van der Waals surface area contributed by atoms with Crippen molar-refractivity contribution in [1.82, 2.24) is 19.8 Å². The second kappa shape index (κ2) is 10.8. The monoisotopic (exact) mass is 603 g/mol. The predicted octanol–water partition coefficient (Wildman–Crippen LogP) is 1.37. The Labute approximate surface area is 250 Å². The van der Waals surface area contributed by atoms with Crippen molar-refractivity contribution in [1.29, 1.82) is 5.26 Å². The highest BCUT2D eigenvalue weighted by molar-refractivity contribution is 5.94. The summed E-state index contributed by atoms with van der Waals surface area (Å²) in [6.07, 6.45) is 0.391. The molecule has 13 heteroatoms. The van der Waals surface area contributed by atoms with Crippen molar-refractivity contribution in [3.05, 3.63) is 61.7 Å². The van der Waals surface area contributed by atoms with Crippen LogP contribution in [0.2, 0.25) is 0 Å². The molecule has 4 heterocycles. The van der Waals surface area contributed by atoms with Gasteiger partial charge < -0.3 is 29.7 Å². The Hall–Kier alpha value is -4.67. The van der Waals surface area contributed by atoms with E-state index in [0.717, 1.165) is 10.5 Å². The molecule has 3 N–H and O–H groups in total. The lowest BCUT2D eigenvalue weighted by molar-refractivity contribution is -0.172. The number of ether oxygens (including phenoxy) is 1. The van der Waals surface area contributed by atoms with Gasteiger partial charge in [-0.15, -0.1) is 0 Å². The Morgan fingerprint density at radius 1 is 1.30 bits per heavy atom. The van der Waals surface area contributed by atoms with E-state index < -0.39 is 47.2 Å². The highest BCUT2D eigenvalue weighted by atomic mass is 19.1. The Kier molecular flexibility index (Phi) is 7.22. The van der Waals surface area contributed by atoms with E-state index in [-0.39, 0.29) is 50.4 Å². The molecule has 2 atom stereocenters. The highest BCUT2D eigenvalue weighted by Gasteiger charge is 2.46. The van der Waals surface area contributed by atoms with E-state index in [1.807, 2.05) is 0 Å². The number of nitrogens with one attached hydrogen (secondary N) is 1. The highest BCUT2D eigenvalue weighted by Crippen LogP contribution is 2.45. The number of hydrogen-bond donors (Lipinski definition) is 3. The number of nitriles is 1. The first-order valence-electron chi connectivity index (χ1n) is 14.4. The zero-order valence-electron chi connectivity index (χ0n) is 24.2. The van der Waals surface area contributed by atoms with Crippen LogP contribution in [0.25, 0.3) is 22.3 Å². The van der Waals surface area contributed by atoms with Gasteiger partial charge in [0.25, 0.3) is 5.56 Å². The molecule has 3 aliphatic rings. The maximum atomic E-state index is 15.1. The lowest BCUT2D eigenvalue weighted by Crippen LogP contribution is -2.44. The Morgan fingerprint density at radius 3 is 2.77 bits per heavy atom. The third-order valence-corrected chi connectivity index (χ3v) is 9.00. The van der Waals surface area contributed by atoms with Gasteiger partial charge in [-0.05, 0) is 48.9 Å². The lowest BCUT2D eigenvalue weighted by atomic mass is 9.81. The number of esters is 1. The SMILES string of the molecule is CC[C@@]1(O)C(=O)OCc2c1cc1n(c2=O)Cc2c-1nc1cc(F)c(C)c3c1c2C(NC(=O)CN(CCO)C(=O)CC#N)CC3. The van der Waals surface area contributed by atoms with Crippen molar-refractivity contribution >= 4 is 28.7 Å². The van der Waals surface area contributed by atoms with E-state index in [9.17, 15) is 29.4 Å². The minimum atomic E-state index is -2.01.